The fourth-order valence-electron chi connectivity index (χ4n) is 3.87. The van der Waals surface area contributed by atoms with Crippen LogP contribution in [0.3, 0.4) is 0 Å². The molecule has 0 aliphatic carbocycles. The zero-order valence-corrected chi connectivity index (χ0v) is 23.8. The number of esters is 1. The van der Waals surface area contributed by atoms with Crippen LogP contribution in [0.1, 0.15) is 22.9 Å². The largest absolute Gasteiger partial charge is 0.496 e. The molecule has 1 amide bonds. The van der Waals surface area contributed by atoms with Gasteiger partial charge in [0, 0.05) is 17.9 Å². The molecule has 0 radical (unpaired) electrons. The van der Waals surface area contributed by atoms with Crippen LogP contribution in [-0.4, -0.2) is 45.9 Å². The number of hydrogen-bond donors (Lipinski definition) is 1. The molecule has 1 heterocycles. The number of hydrogen-bond acceptors (Lipinski definition) is 7. The van der Waals surface area contributed by atoms with E-state index in [4.69, 9.17) is 42.1 Å². The van der Waals surface area contributed by atoms with E-state index in [1.54, 1.807) is 31.7 Å². The molecule has 3 rings (SSSR count). The summed E-state index contributed by atoms with van der Waals surface area (Å²) in [7, 11) is 4.47. The first-order chi connectivity index (χ1) is 18.3. The normalized spacial score (nSPS) is 11.4. The molecule has 0 unspecified atom stereocenters. The second-order valence-corrected chi connectivity index (χ2v) is 9.97. The van der Waals surface area contributed by atoms with Gasteiger partial charge in [-0.15, -0.1) is 11.3 Å². The molecule has 0 fully saturated rings. The van der Waals surface area contributed by atoms with E-state index in [-0.39, 0.29) is 16.5 Å². The van der Waals surface area contributed by atoms with Crippen LogP contribution in [0.4, 0.5) is 0 Å². The number of carbonyl (C=O) groups excluding carboxylic acids is 2. The number of amides is 1. The molecule has 1 atom stereocenters. The van der Waals surface area contributed by atoms with Gasteiger partial charge in [-0.05, 0) is 47.2 Å². The first kappa shape index (κ1) is 29.5. The molecular weight excluding hydrogens is 549 g/mol. The minimum atomic E-state index is -0.956. The zero-order valence-electron chi connectivity index (χ0n) is 21.5. The van der Waals surface area contributed by atoms with Crippen LogP contribution < -0.4 is 14.8 Å². The first-order valence-corrected chi connectivity index (χ1v) is 13.4. The van der Waals surface area contributed by atoms with Gasteiger partial charge in [0.25, 0.3) is 5.91 Å². The van der Waals surface area contributed by atoms with Crippen LogP contribution in [-0.2, 0) is 32.1 Å². The van der Waals surface area contributed by atoms with E-state index in [0.717, 1.165) is 22.3 Å². The van der Waals surface area contributed by atoms with Gasteiger partial charge in [0.15, 0.2) is 0 Å². The Hall–Kier alpha value is -3.04. The van der Waals surface area contributed by atoms with Crippen LogP contribution in [0.5, 0.6) is 11.5 Å². The van der Waals surface area contributed by atoms with Crippen molar-refractivity contribution in [1.82, 2.24) is 5.32 Å². The van der Waals surface area contributed by atoms with Crippen molar-refractivity contribution >= 4 is 52.0 Å². The Bertz CT molecular complexity index is 1250. The van der Waals surface area contributed by atoms with Crippen molar-refractivity contribution in [3.05, 3.63) is 74.4 Å². The molecule has 38 heavy (non-hydrogen) atoms. The van der Waals surface area contributed by atoms with Crippen molar-refractivity contribution < 1.29 is 28.5 Å². The van der Waals surface area contributed by atoms with Crippen molar-refractivity contribution in [1.29, 1.82) is 0 Å². The van der Waals surface area contributed by atoms with Crippen LogP contribution in [0, 0.1) is 0 Å². The first-order valence-electron chi connectivity index (χ1n) is 11.7. The average Bonchev–Trinajstić information content (AvgIpc) is 3.44. The second-order valence-electron chi connectivity index (χ2n) is 8.08. The van der Waals surface area contributed by atoms with Gasteiger partial charge in [-0.2, -0.15) is 0 Å². The lowest BCUT2D eigenvalue weighted by Gasteiger charge is -2.18. The molecule has 0 aliphatic rings. The summed E-state index contributed by atoms with van der Waals surface area (Å²) < 4.78 is 21.6. The van der Waals surface area contributed by atoms with E-state index in [2.05, 4.69) is 5.32 Å². The molecule has 2 aromatic carbocycles. The minimum Gasteiger partial charge on any atom is -0.496 e. The van der Waals surface area contributed by atoms with Gasteiger partial charge in [-0.25, -0.2) is 4.79 Å². The predicted molar refractivity (Wildman–Crippen MR) is 151 cm³/mol. The molecule has 3 aromatic rings. The predicted octanol–water partition coefficient (Wildman–Crippen LogP) is 6.02. The van der Waals surface area contributed by atoms with Crippen LogP contribution in [0.2, 0.25) is 0 Å². The lowest BCUT2D eigenvalue weighted by Crippen LogP contribution is -2.43. The molecule has 1 N–H and O–H groups in total. The Morgan fingerprint density at radius 1 is 0.974 bits per heavy atom. The van der Waals surface area contributed by atoms with Crippen LogP contribution in [0.25, 0.3) is 16.7 Å². The van der Waals surface area contributed by atoms with Gasteiger partial charge in [0.2, 0.25) is 0 Å². The Balaban J connectivity index is 1.85. The standard InChI is InChI=1S/C28H29Cl2NO6S/c1-5-37-16-18-14-21(34-2)24(22(15-18)35-3)19-10-8-17(9-11-19)13-20(28(33)36-4)31-27(32)25(26(29)30)23-7-6-12-38-23/h6-12,14-15,20H,5,13,16H2,1-4H3,(H,31,32)/t20-/m0/s1. The zero-order chi connectivity index (χ0) is 27.7. The third kappa shape index (κ3) is 7.29. The molecule has 0 saturated carbocycles. The second kappa shape index (κ2) is 14.2. The third-order valence-electron chi connectivity index (χ3n) is 5.70. The lowest BCUT2D eigenvalue weighted by atomic mass is 9.98. The van der Waals surface area contributed by atoms with E-state index in [1.807, 2.05) is 43.3 Å². The van der Waals surface area contributed by atoms with E-state index >= 15 is 0 Å². The number of carbonyl (C=O) groups is 2. The number of benzene rings is 2. The molecule has 0 saturated heterocycles. The van der Waals surface area contributed by atoms with Gasteiger partial charge in [-0.3, -0.25) is 4.79 Å². The number of thiophene rings is 1. The Labute approximate surface area is 236 Å². The number of nitrogens with one attached hydrogen (secondary N) is 1. The molecule has 0 spiro atoms. The van der Waals surface area contributed by atoms with E-state index in [1.165, 1.54) is 18.4 Å². The molecule has 202 valence electrons. The maximum Gasteiger partial charge on any atom is 0.328 e. The van der Waals surface area contributed by atoms with Gasteiger partial charge < -0.3 is 24.3 Å². The van der Waals surface area contributed by atoms with Crippen molar-refractivity contribution in [3.8, 4) is 22.6 Å². The summed E-state index contributed by atoms with van der Waals surface area (Å²) in [4.78, 5) is 26.1. The Kier molecular flexibility index (Phi) is 11.0. The topological polar surface area (TPSA) is 83.1 Å². The highest BCUT2D eigenvalue weighted by atomic mass is 35.5. The number of methoxy groups -OCH3 is 3. The molecule has 0 bridgehead atoms. The van der Waals surface area contributed by atoms with E-state index in [0.29, 0.717) is 29.6 Å². The minimum absolute atomic E-state index is 0.0968. The summed E-state index contributed by atoms with van der Waals surface area (Å²) in [6.07, 6.45) is 0.192. The smallest absolute Gasteiger partial charge is 0.328 e. The van der Waals surface area contributed by atoms with Crippen LogP contribution >= 0.6 is 34.5 Å². The summed E-state index contributed by atoms with van der Waals surface area (Å²) in [5.41, 5.74) is 3.49. The van der Waals surface area contributed by atoms with Crippen molar-refractivity contribution in [2.24, 2.45) is 0 Å². The number of halogens is 2. The molecule has 0 aliphatic heterocycles. The quantitative estimate of drug-likeness (QED) is 0.209. The van der Waals surface area contributed by atoms with Crippen molar-refractivity contribution in [3.63, 3.8) is 0 Å². The summed E-state index contributed by atoms with van der Waals surface area (Å²) in [6.45, 7) is 2.99. The van der Waals surface area contributed by atoms with Gasteiger partial charge >= 0.3 is 5.97 Å². The van der Waals surface area contributed by atoms with Crippen molar-refractivity contribution in [2.75, 3.05) is 27.9 Å². The molecule has 10 heteroatoms. The fraction of sp³-hybridized carbons (Fsp3) is 0.286. The summed E-state index contributed by atoms with van der Waals surface area (Å²) in [5, 5.41) is 4.51. The molecule has 1 aromatic heterocycles. The monoisotopic (exact) mass is 577 g/mol. The van der Waals surface area contributed by atoms with Crippen molar-refractivity contribution in [2.45, 2.75) is 26.0 Å². The van der Waals surface area contributed by atoms with Gasteiger partial charge in [0.1, 0.15) is 22.0 Å². The van der Waals surface area contributed by atoms with Gasteiger partial charge in [-0.1, -0.05) is 53.5 Å². The highest BCUT2D eigenvalue weighted by molar-refractivity contribution is 7.11. The lowest BCUT2D eigenvalue weighted by molar-refractivity contribution is -0.144. The SMILES string of the molecule is CCOCc1cc(OC)c(-c2ccc(C[C@H](NC(=O)C(=C(Cl)Cl)c3cccs3)C(=O)OC)cc2)c(OC)c1. The highest BCUT2D eigenvalue weighted by Gasteiger charge is 2.26. The molecular formula is C28H29Cl2NO6S. The number of rotatable bonds is 12. The fourth-order valence-corrected chi connectivity index (χ4v) is 5.14. The Morgan fingerprint density at radius 2 is 1.63 bits per heavy atom. The molecule has 7 nitrogen and oxygen atoms in total. The van der Waals surface area contributed by atoms with Gasteiger partial charge in [0.05, 0.1) is 39.1 Å². The van der Waals surface area contributed by atoms with E-state index in [9.17, 15) is 9.59 Å². The third-order valence-corrected chi connectivity index (χ3v) is 6.96. The Morgan fingerprint density at radius 3 is 2.13 bits per heavy atom. The van der Waals surface area contributed by atoms with E-state index < -0.39 is 17.9 Å². The summed E-state index contributed by atoms with van der Waals surface area (Å²) in [6, 6.07) is 13.9. The maximum absolute atomic E-state index is 13.0. The number of ether oxygens (including phenoxy) is 4. The maximum atomic E-state index is 13.0. The summed E-state index contributed by atoms with van der Waals surface area (Å²) in [5.74, 6) is 0.141. The van der Waals surface area contributed by atoms with Crippen LogP contribution in [0.15, 0.2) is 58.4 Å². The average molecular weight is 579 g/mol. The highest BCUT2D eigenvalue weighted by Crippen LogP contribution is 2.40. The summed E-state index contributed by atoms with van der Waals surface area (Å²) >= 11 is 13.3.